The van der Waals surface area contributed by atoms with Gasteiger partial charge in [-0.2, -0.15) is 0 Å². The summed E-state index contributed by atoms with van der Waals surface area (Å²) in [5.74, 6) is -0.457. The molecule has 1 aliphatic rings. The Labute approximate surface area is 195 Å². The number of carboxylic acid groups (broad SMARTS) is 1. The van der Waals surface area contributed by atoms with E-state index in [9.17, 15) is 9.59 Å². The molecule has 0 aliphatic heterocycles. The summed E-state index contributed by atoms with van der Waals surface area (Å²) >= 11 is 0. The molecular formula is C27H34N2O4. The van der Waals surface area contributed by atoms with Crippen LogP contribution in [0.3, 0.4) is 0 Å². The lowest BCUT2D eigenvalue weighted by Crippen LogP contribution is -2.47. The van der Waals surface area contributed by atoms with Gasteiger partial charge < -0.3 is 21.3 Å². The Morgan fingerprint density at radius 1 is 1.09 bits per heavy atom. The molecular weight excluding hydrogens is 416 g/mol. The zero-order valence-corrected chi connectivity index (χ0v) is 19.2. The molecule has 0 amide bonds. The lowest BCUT2D eigenvalue weighted by molar-refractivity contribution is -0.140. The Morgan fingerprint density at radius 2 is 1.79 bits per heavy atom. The fraction of sp³-hybridized carbons (Fsp3) is 0.407. The van der Waals surface area contributed by atoms with E-state index in [0.717, 1.165) is 31.8 Å². The molecule has 0 unspecified atom stereocenters. The van der Waals surface area contributed by atoms with Crippen molar-refractivity contribution in [2.24, 2.45) is 23.3 Å². The molecule has 0 heterocycles. The maximum absolute atomic E-state index is 13.0. The van der Waals surface area contributed by atoms with Crippen LogP contribution >= 0.6 is 0 Å². The molecule has 33 heavy (non-hydrogen) atoms. The molecule has 2 aromatic rings. The third-order valence-electron chi connectivity index (χ3n) is 6.48. The number of ether oxygens (including phenoxy) is 1. The molecule has 0 aromatic heterocycles. The van der Waals surface area contributed by atoms with Crippen LogP contribution in [0, 0.1) is 11.8 Å². The van der Waals surface area contributed by atoms with E-state index in [0.29, 0.717) is 28.4 Å². The number of carbonyl (C=O) groups is 2. The second-order valence-electron chi connectivity index (χ2n) is 8.94. The number of aliphatic carboxylic acids is 1. The summed E-state index contributed by atoms with van der Waals surface area (Å²) in [6, 6.07) is 14.2. The summed E-state index contributed by atoms with van der Waals surface area (Å²) in [4.78, 5) is 23.9. The van der Waals surface area contributed by atoms with Crippen molar-refractivity contribution in [3.63, 3.8) is 0 Å². The molecule has 0 bridgehead atoms. The smallest absolute Gasteiger partial charge is 0.328 e. The van der Waals surface area contributed by atoms with Crippen LogP contribution in [0.5, 0.6) is 5.75 Å². The van der Waals surface area contributed by atoms with Crippen LogP contribution in [-0.2, 0) is 15.3 Å². The zero-order valence-electron chi connectivity index (χ0n) is 19.2. The molecule has 5 N–H and O–H groups in total. The number of carbonyl (C=O) groups excluding carboxylic acids is 1. The summed E-state index contributed by atoms with van der Waals surface area (Å²) < 4.78 is 5.85. The number of carboxylic acids is 1. The Morgan fingerprint density at radius 3 is 2.42 bits per heavy atom. The molecule has 176 valence electrons. The topological polar surface area (TPSA) is 116 Å². The van der Waals surface area contributed by atoms with Gasteiger partial charge in [0.15, 0.2) is 0 Å². The van der Waals surface area contributed by atoms with E-state index in [-0.39, 0.29) is 11.9 Å². The maximum atomic E-state index is 13.0. The molecule has 1 saturated carbocycles. The number of nitrogens with two attached hydrogens (primary N) is 2. The fourth-order valence-corrected chi connectivity index (χ4v) is 4.47. The van der Waals surface area contributed by atoms with E-state index in [2.05, 4.69) is 6.92 Å². The number of esters is 1. The Hall–Kier alpha value is -2.96. The van der Waals surface area contributed by atoms with Crippen LogP contribution in [0.4, 0.5) is 0 Å². The van der Waals surface area contributed by atoms with Crippen LogP contribution in [-0.4, -0.2) is 17.0 Å². The molecule has 6 heteroatoms. The van der Waals surface area contributed by atoms with Gasteiger partial charge in [-0.05, 0) is 60.9 Å². The van der Waals surface area contributed by atoms with Crippen molar-refractivity contribution in [3.05, 3.63) is 71.3 Å². The largest absolute Gasteiger partial charge is 0.478 e. The first-order valence-electron chi connectivity index (χ1n) is 11.7. The van der Waals surface area contributed by atoms with Gasteiger partial charge in [0.2, 0.25) is 0 Å². The van der Waals surface area contributed by atoms with Gasteiger partial charge in [-0.3, -0.25) is 4.79 Å². The normalized spacial score (nSPS) is 18.9. The molecule has 1 fully saturated rings. The highest BCUT2D eigenvalue weighted by Gasteiger charge is 2.32. The van der Waals surface area contributed by atoms with Crippen LogP contribution < -0.4 is 16.2 Å². The third kappa shape index (κ3) is 6.53. The van der Waals surface area contributed by atoms with Crippen molar-refractivity contribution in [1.82, 2.24) is 0 Å². The molecule has 1 aliphatic carbocycles. The summed E-state index contributed by atoms with van der Waals surface area (Å²) in [6.45, 7) is 2.20. The van der Waals surface area contributed by atoms with Crippen molar-refractivity contribution < 1.29 is 19.4 Å². The first-order valence-corrected chi connectivity index (χ1v) is 11.7. The van der Waals surface area contributed by atoms with Crippen LogP contribution in [0.15, 0.2) is 54.6 Å². The summed E-state index contributed by atoms with van der Waals surface area (Å²) in [6.07, 6.45) is 9.92. The Kier molecular flexibility index (Phi) is 8.42. The fourth-order valence-electron chi connectivity index (χ4n) is 4.47. The first-order chi connectivity index (χ1) is 15.8. The highest BCUT2D eigenvalue weighted by Crippen LogP contribution is 2.35. The highest BCUT2D eigenvalue weighted by molar-refractivity contribution is 5.85. The van der Waals surface area contributed by atoms with Crippen molar-refractivity contribution in [1.29, 1.82) is 0 Å². The van der Waals surface area contributed by atoms with Gasteiger partial charge >= 0.3 is 11.9 Å². The summed E-state index contributed by atoms with van der Waals surface area (Å²) in [5.41, 5.74) is 13.3. The SMILES string of the molecule is CCCCC1CCC(C(=O)Oc2ccc(C=CC(=O)O)cc2C(N)(N)c2ccccc2)CC1. The molecule has 3 rings (SSSR count). The van der Waals surface area contributed by atoms with Gasteiger partial charge in [-0.1, -0.05) is 62.6 Å². The third-order valence-corrected chi connectivity index (χ3v) is 6.48. The minimum atomic E-state index is -1.43. The highest BCUT2D eigenvalue weighted by atomic mass is 16.5. The van der Waals surface area contributed by atoms with E-state index >= 15 is 0 Å². The number of hydrogen-bond acceptors (Lipinski definition) is 5. The summed E-state index contributed by atoms with van der Waals surface area (Å²) in [5, 5.41) is 8.96. The average molecular weight is 451 g/mol. The minimum Gasteiger partial charge on any atom is -0.478 e. The van der Waals surface area contributed by atoms with E-state index < -0.39 is 11.6 Å². The van der Waals surface area contributed by atoms with Gasteiger partial charge in [0.05, 0.1) is 5.92 Å². The molecule has 0 saturated heterocycles. The first kappa shape index (κ1) is 24.7. The molecule has 0 spiro atoms. The van der Waals surface area contributed by atoms with E-state index in [1.54, 1.807) is 18.2 Å². The Balaban J connectivity index is 1.84. The Bertz CT molecular complexity index is 977. The second kappa shape index (κ2) is 11.3. The van der Waals surface area contributed by atoms with E-state index in [1.807, 2.05) is 30.3 Å². The van der Waals surface area contributed by atoms with Gasteiger partial charge in [0.25, 0.3) is 0 Å². The predicted molar refractivity (Wildman–Crippen MR) is 129 cm³/mol. The molecule has 0 atom stereocenters. The molecule has 2 aromatic carbocycles. The maximum Gasteiger partial charge on any atom is 0.328 e. The van der Waals surface area contributed by atoms with Gasteiger partial charge in [0, 0.05) is 11.6 Å². The van der Waals surface area contributed by atoms with Gasteiger partial charge in [0.1, 0.15) is 11.4 Å². The van der Waals surface area contributed by atoms with Crippen molar-refractivity contribution >= 4 is 18.0 Å². The van der Waals surface area contributed by atoms with Crippen molar-refractivity contribution in [2.75, 3.05) is 0 Å². The van der Waals surface area contributed by atoms with Crippen LogP contribution in [0.2, 0.25) is 0 Å². The quantitative estimate of drug-likeness (QED) is 0.219. The monoisotopic (exact) mass is 450 g/mol. The van der Waals surface area contributed by atoms with E-state index in [4.69, 9.17) is 21.3 Å². The number of benzene rings is 2. The number of unbranched alkanes of at least 4 members (excludes halogenated alkanes) is 1. The second-order valence-corrected chi connectivity index (χ2v) is 8.94. The molecule has 0 radical (unpaired) electrons. The van der Waals surface area contributed by atoms with Gasteiger partial charge in [-0.25, -0.2) is 4.79 Å². The molecule has 6 nitrogen and oxygen atoms in total. The summed E-state index contributed by atoms with van der Waals surface area (Å²) in [7, 11) is 0. The van der Waals surface area contributed by atoms with Crippen LogP contribution in [0.1, 0.15) is 68.6 Å². The van der Waals surface area contributed by atoms with Gasteiger partial charge in [-0.15, -0.1) is 0 Å². The lowest BCUT2D eigenvalue weighted by Gasteiger charge is -2.30. The van der Waals surface area contributed by atoms with Crippen molar-refractivity contribution in [2.45, 2.75) is 57.5 Å². The average Bonchev–Trinajstić information content (AvgIpc) is 2.82. The van der Waals surface area contributed by atoms with Crippen LogP contribution in [0.25, 0.3) is 6.08 Å². The minimum absolute atomic E-state index is 0.135. The lowest BCUT2D eigenvalue weighted by atomic mass is 9.80. The number of hydrogen-bond donors (Lipinski definition) is 3. The predicted octanol–water partition coefficient (Wildman–Crippen LogP) is 4.80. The zero-order chi connectivity index (χ0) is 23.8. The van der Waals surface area contributed by atoms with E-state index in [1.165, 1.54) is 25.3 Å². The van der Waals surface area contributed by atoms with Crippen molar-refractivity contribution in [3.8, 4) is 5.75 Å². The number of rotatable bonds is 9. The standard InChI is InChI=1S/C27H34N2O4/c1-2-3-7-19-10-14-21(15-11-19)26(32)33-24-16-12-20(13-17-25(30)31)18-23(24)27(28,29)22-8-5-4-6-9-22/h4-6,8-9,12-13,16-19,21H,2-3,7,10-11,14-15,28-29H2,1H3,(H,30,31).